The molecule has 0 bridgehead atoms. The zero-order chi connectivity index (χ0) is 15.0. The first-order valence-electron chi connectivity index (χ1n) is 6.47. The highest BCUT2D eigenvalue weighted by Crippen LogP contribution is 2.32. The van der Waals surface area contributed by atoms with Crippen molar-refractivity contribution >= 4 is 0 Å². The fraction of sp³-hybridized carbons (Fsp3) is 0.571. The Hall–Kier alpha value is -1.11. The molecule has 1 aromatic carbocycles. The largest absolute Gasteiger partial charge is 0.407 e. The van der Waals surface area contributed by atoms with Gasteiger partial charge in [0.2, 0.25) is 0 Å². The van der Waals surface area contributed by atoms with Gasteiger partial charge in [0.05, 0.1) is 6.61 Å². The molecule has 1 N–H and O–H groups in total. The summed E-state index contributed by atoms with van der Waals surface area (Å²) in [4.78, 5) is 1.93. The molecule has 0 spiro atoms. The van der Waals surface area contributed by atoms with E-state index >= 15 is 0 Å². The number of alkyl halides is 3. The molecule has 3 nitrogen and oxygen atoms in total. The van der Waals surface area contributed by atoms with Crippen LogP contribution in [0.3, 0.4) is 0 Å². The second-order valence-corrected chi connectivity index (χ2v) is 4.64. The molecule has 1 atom stereocenters. The van der Waals surface area contributed by atoms with Crippen LogP contribution in [-0.4, -0.2) is 51.5 Å². The molecule has 1 rings (SSSR count). The molecule has 1 aromatic rings. The van der Waals surface area contributed by atoms with Crippen LogP contribution in [-0.2, 0) is 4.74 Å². The predicted octanol–water partition coefficient (Wildman–Crippen LogP) is 2.46. The first kappa shape index (κ1) is 16.9. The Morgan fingerprint density at radius 2 is 1.85 bits per heavy atom. The van der Waals surface area contributed by atoms with Gasteiger partial charge in [-0.15, -0.1) is 0 Å². The lowest BCUT2D eigenvalue weighted by atomic mass is 10.1. The number of nitrogens with one attached hydrogen (secondary N) is 1. The molecule has 0 aliphatic carbocycles. The van der Waals surface area contributed by atoms with Gasteiger partial charge in [-0.2, -0.15) is 13.2 Å². The summed E-state index contributed by atoms with van der Waals surface area (Å²) in [6.45, 7) is 2.06. The van der Waals surface area contributed by atoms with Gasteiger partial charge in [0.1, 0.15) is 6.04 Å². The molecular weight excluding hydrogens is 269 g/mol. The van der Waals surface area contributed by atoms with Crippen molar-refractivity contribution in [3.05, 3.63) is 35.9 Å². The minimum Gasteiger partial charge on any atom is -0.383 e. The normalized spacial score (nSPS) is 13.7. The highest BCUT2D eigenvalue weighted by molar-refractivity contribution is 5.20. The number of benzene rings is 1. The molecule has 0 saturated carbocycles. The Kier molecular flexibility index (Phi) is 6.98. The Morgan fingerprint density at radius 3 is 2.40 bits per heavy atom. The summed E-state index contributed by atoms with van der Waals surface area (Å²) in [5.74, 6) is 0. The third-order valence-electron chi connectivity index (χ3n) is 2.98. The van der Waals surface area contributed by atoms with E-state index in [-0.39, 0.29) is 12.1 Å². The maximum Gasteiger partial charge on any atom is 0.407 e. The van der Waals surface area contributed by atoms with Crippen molar-refractivity contribution < 1.29 is 17.9 Å². The molecule has 6 heteroatoms. The Morgan fingerprint density at radius 1 is 1.20 bits per heavy atom. The van der Waals surface area contributed by atoms with Crippen molar-refractivity contribution in [1.82, 2.24) is 10.2 Å². The van der Waals surface area contributed by atoms with E-state index in [0.29, 0.717) is 19.7 Å². The molecule has 0 aromatic heterocycles. The molecule has 20 heavy (non-hydrogen) atoms. The molecule has 0 amide bonds. The second-order valence-electron chi connectivity index (χ2n) is 4.64. The third-order valence-corrected chi connectivity index (χ3v) is 2.98. The van der Waals surface area contributed by atoms with Gasteiger partial charge in [0.25, 0.3) is 0 Å². The maximum atomic E-state index is 13.0. The van der Waals surface area contributed by atoms with Crippen LogP contribution in [0.25, 0.3) is 0 Å². The monoisotopic (exact) mass is 290 g/mol. The smallest absolute Gasteiger partial charge is 0.383 e. The standard InChI is InChI=1S/C14H21F3N2O/c1-19(10-11-20-2)9-8-18-13(14(15,16)17)12-6-4-3-5-7-12/h3-7,13,18H,8-11H2,1-2H3. The van der Waals surface area contributed by atoms with Crippen molar-refractivity contribution in [3.8, 4) is 0 Å². The molecule has 1 unspecified atom stereocenters. The van der Waals surface area contributed by atoms with E-state index in [2.05, 4.69) is 5.32 Å². The van der Waals surface area contributed by atoms with Gasteiger partial charge in [0.15, 0.2) is 0 Å². The van der Waals surface area contributed by atoms with E-state index in [1.54, 1.807) is 25.3 Å². The van der Waals surface area contributed by atoms with Crippen LogP contribution < -0.4 is 5.32 Å². The zero-order valence-electron chi connectivity index (χ0n) is 11.8. The van der Waals surface area contributed by atoms with Crippen molar-refractivity contribution in [1.29, 1.82) is 0 Å². The lowest BCUT2D eigenvalue weighted by molar-refractivity contribution is -0.157. The summed E-state index contributed by atoms with van der Waals surface area (Å²) < 4.78 is 44.0. The lowest BCUT2D eigenvalue weighted by Crippen LogP contribution is -2.39. The summed E-state index contributed by atoms with van der Waals surface area (Å²) in [5.41, 5.74) is 0.236. The van der Waals surface area contributed by atoms with Gasteiger partial charge in [-0.3, -0.25) is 0 Å². The number of methoxy groups -OCH3 is 1. The highest BCUT2D eigenvalue weighted by Gasteiger charge is 2.40. The van der Waals surface area contributed by atoms with Crippen LogP contribution in [0, 0.1) is 0 Å². The lowest BCUT2D eigenvalue weighted by Gasteiger charge is -2.24. The zero-order valence-corrected chi connectivity index (χ0v) is 11.8. The summed E-state index contributed by atoms with van der Waals surface area (Å²) in [5, 5.41) is 2.58. The third kappa shape index (κ3) is 5.90. The number of nitrogens with zero attached hydrogens (tertiary/aromatic N) is 1. The first-order chi connectivity index (χ1) is 9.45. The minimum atomic E-state index is -4.30. The molecular formula is C14H21F3N2O. The first-order valence-corrected chi connectivity index (χ1v) is 6.47. The van der Waals surface area contributed by atoms with Crippen LogP contribution in [0.2, 0.25) is 0 Å². The van der Waals surface area contributed by atoms with Gasteiger partial charge < -0.3 is 15.0 Å². The average molecular weight is 290 g/mol. The van der Waals surface area contributed by atoms with Gasteiger partial charge in [-0.1, -0.05) is 30.3 Å². The Bertz CT molecular complexity index is 370. The topological polar surface area (TPSA) is 24.5 Å². The summed E-state index contributed by atoms with van der Waals surface area (Å²) in [7, 11) is 3.45. The maximum absolute atomic E-state index is 13.0. The summed E-state index contributed by atoms with van der Waals surface area (Å²) >= 11 is 0. The Labute approximate surface area is 117 Å². The number of halogens is 3. The quantitative estimate of drug-likeness (QED) is 0.796. The fourth-order valence-corrected chi connectivity index (χ4v) is 1.83. The van der Waals surface area contributed by atoms with Crippen molar-refractivity contribution in [3.63, 3.8) is 0 Å². The number of likely N-dealkylation sites (N-methyl/N-ethyl adjacent to an activating group) is 1. The van der Waals surface area contributed by atoms with E-state index in [1.165, 1.54) is 12.1 Å². The molecule has 0 aliphatic rings. The van der Waals surface area contributed by atoms with E-state index < -0.39 is 12.2 Å². The number of hydrogen-bond donors (Lipinski definition) is 1. The van der Waals surface area contributed by atoms with Gasteiger partial charge in [-0.25, -0.2) is 0 Å². The molecule has 0 heterocycles. The van der Waals surface area contributed by atoms with Gasteiger partial charge >= 0.3 is 6.18 Å². The van der Waals surface area contributed by atoms with Crippen LogP contribution in [0.5, 0.6) is 0 Å². The fourth-order valence-electron chi connectivity index (χ4n) is 1.83. The molecule has 0 saturated heterocycles. The summed E-state index contributed by atoms with van der Waals surface area (Å²) in [6.07, 6.45) is -4.30. The second kappa shape index (κ2) is 8.24. The van der Waals surface area contributed by atoms with Crippen LogP contribution in [0.15, 0.2) is 30.3 Å². The molecule has 0 radical (unpaired) electrons. The minimum absolute atomic E-state index is 0.236. The molecule has 0 aliphatic heterocycles. The SMILES string of the molecule is COCCN(C)CCNC(c1ccccc1)C(F)(F)F. The molecule has 114 valence electrons. The van der Waals surface area contributed by atoms with Crippen molar-refractivity contribution in [2.45, 2.75) is 12.2 Å². The highest BCUT2D eigenvalue weighted by atomic mass is 19.4. The van der Waals surface area contributed by atoms with Gasteiger partial charge in [0, 0.05) is 26.7 Å². The van der Waals surface area contributed by atoms with Crippen LogP contribution >= 0.6 is 0 Å². The predicted molar refractivity (Wildman–Crippen MR) is 72.6 cm³/mol. The van der Waals surface area contributed by atoms with Crippen molar-refractivity contribution in [2.75, 3.05) is 40.4 Å². The van der Waals surface area contributed by atoms with E-state index in [1.807, 2.05) is 11.9 Å². The molecule has 0 fully saturated rings. The number of hydrogen-bond acceptors (Lipinski definition) is 3. The van der Waals surface area contributed by atoms with Crippen LogP contribution in [0.4, 0.5) is 13.2 Å². The van der Waals surface area contributed by atoms with Crippen molar-refractivity contribution in [2.24, 2.45) is 0 Å². The van der Waals surface area contributed by atoms with Gasteiger partial charge in [-0.05, 0) is 12.6 Å². The number of ether oxygens (including phenoxy) is 1. The average Bonchev–Trinajstić information content (AvgIpc) is 2.41. The number of rotatable bonds is 8. The van der Waals surface area contributed by atoms with E-state index in [9.17, 15) is 13.2 Å². The van der Waals surface area contributed by atoms with E-state index in [4.69, 9.17) is 4.74 Å². The Balaban J connectivity index is 2.51. The summed E-state index contributed by atoms with van der Waals surface area (Å²) in [6, 6.07) is 6.27. The van der Waals surface area contributed by atoms with Crippen LogP contribution in [0.1, 0.15) is 11.6 Å². The van der Waals surface area contributed by atoms with E-state index in [0.717, 1.165) is 0 Å².